The van der Waals surface area contributed by atoms with E-state index in [1.165, 1.54) is 0 Å². The molecule has 0 saturated carbocycles. The lowest BCUT2D eigenvalue weighted by Gasteiger charge is -2.07. The fraction of sp³-hybridized carbons (Fsp3) is 0.231. The first-order valence-corrected chi connectivity index (χ1v) is 5.95. The minimum absolute atomic E-state index is 0.138. The van der Waals surface area contributed by atoms with Crippen molar-refractivity contribution >= 4 is 22.8 Å². The third kappa shape index (κ3) is 2.72. The molecule has 2 aromatic rings. The van der Waals surface area contributed by atoms with Crippen molar-refractivity contribution in [1.82, 2.24) is 10.3 Å². The monoisotopic (exact) mass is 277 g/mol. The van der Waals surface area contributed by atoms with Crippen molar-refractivity contribution < 1.29 is 19.4 Å². The van der Waals surface area contributed by atoms with Crippen molar-refractivity contribution in [2.75, 3.05) is 13.7 Å². The number of benzene rings is 1. The van der Waals surface area contributed by atoms with E-state index >= 15 is 0 Å². The Morgan fingerprint density at radius 2 is 2.25 bits per heavy atom. The van der Waals surface area contributed by atoms with Gasteiger partial charge < -0.3 is 25.9 Å². The van der Waals surface area contributed by atoms with Crippen molar-refractivity contribution in [3.8, 4) is 5.75 Å². The van der Waals surface area contributed by atoms with Crippen LogP contribution in [0.4, 0.5) is 0 Å². The summed E-state index contributed by atoms with van der Waals surface area (Å²) in [6.45, 7) is -0.138. The number of aromatic amines is 1. The van der Waals surface area contributed by atoms with E-state index in [-0.39, 0.29) is 6.54 Å². The van der Waals surface area contributed by atoms with Crippen LogP contribution in [0.3, 0.4) is 0 Å². The van der Waals surface area contributed by atoms with Crippen LogP contribution in [-0.2, 0) is 4.79 Å². The summed E-state index contributed by atoms with van der Waals surface area (Å²) in [4.78, 5) is 25.4. The van der Waals surface area contributed by atoms with Crippen LogP contribution in [0.25, 0.3) is 10.9 Å². The van der Waals surface area contributed by atoms with E-state index in [1.807, 2.05) is 6.07 Å². The Kier molecular flexibility index (Phi) is 3.90. The first-order chi connectivity index (χ1) is 9.52. The number of methoxy groups -OCH3 is 1. The fourth-order valence-electron chi connectivity index (χ4n) is 1.81. The first kappa shape index (κ1) is 13.9. The maximum atomic E-state index is 11.9. The van der Waals surface area contributed by atoms with E-state index in [0.29, 0.717) is 11.4 Å². The number of rotatable bonds is 5. The number of nitrogens with two attached hydrogens (primary N) is 1. The van der Waals surface area contributed by atoms with Gasteiger partial charge in [0.05, 0.1) is 7.11 Å². The maximum Gasteiger partial charge on any atom is 0.322 e. The molecule has 1 aromatic heterocycles. The van der Waals surface area contributed by atoms with Gasteiger partial charge in [0.25, 0.3) is 5.91 Å². The zero-order valence-electron chi connectivity index (χ0n) is 10.8. The molecule has 1 unspecified atom stereocenters. The number of nitrogens with one attached hydrogen (secondary N) is 2. The lowest BCUT2D eigenvalue weighted by atomic mass is 10.2. The number of carbonyl (C=O) groups is 2. The van der Waals surface area contributed by atoms with Gasteiger partial charge in [-0.05, 0) is 18.2 Å². The van der Waals surface area contributed by atoms with Crippen LogP contribution in [0, 0.1) is 0 Å². The van der Waals surface area contributed by atoms with Crippen molar-refractivity contribution in [1.29, 1.82) is 0 Å². The minimum Gasteiger partial charge on any atom is -0.496 e. The molecule has 0 spiro atoms. The normalized spacial score (nSPS) is 12.1. The molecule has 0 saturated heterocycles. The van der Waals surface area contributed by atoms with Crippen LogP contribution in [0.1, 0.15) is 10.5 Å². The van der Waals surface area contributed by atoms with Crippen LogP contribution in [0.5, 0.6) is 5.75 Å². The van der Waals surface area contributed by atoms with Crippen LogP contribution in [0.2, 0.25) is 0 Å². The number of H-pyrrole nitrogens is 1. The zero-order valence-corrected chi connectivity index (χ0v) is 10.8. The average Bonchev–Trinajstić information content (AvgIpc) is 2.87. The molecule has 0 aliphatic rings. The molecule has 0 bridgehead atoms. The number of hydrogen-bond donors (Lipinski definition) is 4. The highest BCUT2D eigenvalue weighted by molar-refractivity contribution is 5.99. The summed E-state index contributed by atoms with van der Waals surface area (Å²) in [5, 5.41) is 11.9. The van der Waals surface area contributed by atoms with Crippen molar-refractivity contribution in [2.24, 2.45) is 5.73 Å². The van der Waals surface area contributed by atoms with Gasteiger partial charge in [-0.2, -0.15) is 0 Å². The van der Waals surface area contributed by atoms with Gasteiger partial charge in [-0.25, -0.2) is 0 Å². The summed E-state index contributed by atoms with van der Waals surface area (Å²) >= 11 is 0. The molecule has 106 valence electrons. The smallest absolute Gasteiger partial charge is 0.322 e. The van der Waals surface area contributed by atoms with Crippen molar-refractivity contribution in [3.05, 3.63) is 30.0 Å². The van der Waals surface area contributed by atoms with Crippen LogP contribution < -0.4 is 15.8 Å². The van der Waals surface area contributed by atoms with Gasteiger partial charge in [0.2, 0.25) is 0 Å². The third-order valence-electron chi connectivity index (χ3n) is 2.89. The Morgan fingerprint density at radius 3 is 2.90 bits per heavy atom. The lowest BCUT2D eigenvalue weighted by Crippen LogP contribution is -2.42. The second kappa shape index (κ2) is 5.62. The highest BCUT2D eigenvalue weighted by atomic mass is 16.5. The highest BCUT2D eigenvalue weighted by Gasteiger charge is 2.15. The molecule has 7 heteroatoms. The molecule has 0 aliphatic heterocycles. The summed E-state index contributed by atoms with van der Waals surface area (Å²) in [5.74, 6) is -0.927. The zero-order chi connectivity index (χ0) is 14.7. The predicted molar refractivity (Wildman–Crippen MR) is 72.8 cm³/mol. The molecule has 2 rings (SSSR count). The van der Waals surface area contributed by atoms with Gasteiger partial charge in [-0.3, -0.25) is 9.59 Å². The van der Waals surface area contributed by atoms with Gasteiger partial charge in [-0.1, -0.05) is 6.07 Å². The SMILES string of the molecule is COc1cccc2[nH]c(C(=O)NCC(N)C(=O)O)cc12. The molecule has 1 amide bonds. The molecule has 5 N–H and O–H groups in total. The van der Waals surface area contributed by atoms with E-state index in [9.17, 15) is 9.59 Å². The first-order valence-electron chi connectivity index (χ1n) is 5.95. The number of amides is 1. The summed E-state index contributed by atoms with van der Waals surface area (Å²) in [6, 6.07) is 5.93. The van der Waals surface area contributed by atoms with Gasteiger partial charge in [0.1, 0.15) is 17.5 Å². The number of carbonyl (C=O) groups excluding carboxylic acids is 1. The summed E-state index contributed by atoms with van der Waals surface area (Å²) in [6.07, 6.45) is 0. The Bertz CT molecular complexity index is 650. The van der Waals surface area contributed by atoms with Crippen LogP contribution in [-0.4, -0.2) is 41.7 Å². The number of aromatic nitrogens is 1. The minimum atomic E-state index is -1.16. The number of hydrogen-bond acceptors (Lipinski definition) is 4. The molecule has 0 fully saturated rings. The quantitative estimate of drug-likeness (QED) is 0.627. The van der Waals surface area contributed by atoms with Gasteiger partial charge in [0.15, 0.2) is 0 Å². The Labute approximate surface area is 114 Å². The molecule has 0 aliphatic carbocycles. The summed E-state index contributed by atoms with van der Waals surface area (Å²) in [7, 11) is 1.55. The second-order valence-electron chi connectivity index (χ2n) is 4.26. The lowest BCUT2D eigenvalue weighted by molar-refractivity contribution is -0.138. The van der Waals surface area contributed by atoms with Gasteiger partial charge >= 0.3 is 5.97 Å². The molecule has 1 heterocycles. The molecule has 1 aromatic carbocycles. The number of carboxylic acids is 1. The number of aliphatic carboxylic acids is 1. The maximum absolute atomic E-state index is 11.9. The molecule has 0 radical (unpaired) electrons. The standard InChI is InChI=1S/C13H15N3O4/c1-20-11-4-2-3-9-7(11)5-10(16-9)12(17)15-6-8(14)13(18)19/h2-5,8,16H,6,14H2,1H3,(H,15,17)(H,18,19). The molecule has 20 heavy (non-hydrogen) atoms. The number of carboxylic acid groups (broad SMARTS) is 1. The summed E-state index contributed by atoms with van der Waals surface area (Å²) < 4.78 is 5.20. The van der Waals surface area contributed by atoms with E-state index in [2.05, 4.69) is 10.3 Å². The predicted octanol–water partition coefficient (Wildman–Crippen LogP) is 0.318. The highest BCUT2D eigenvalue weighted by Crippen LogP contribution is 2.25. The van der Waals surface area contributed by atoms with E-state index in [4.69, 9.17) is 15.6 Å². The fourth-order valence-corrected chi connectivity index (χ4v) is 1.81. The van der Waals surface area contributed by atoms with E-state index in [0.717, 1.165) is 10.9 Å². The second-order valence-corrected chi connectivity index (χ2v) is 4.26. The average molecular weight is 277 g/mol. The summed E-state index contributed by atoms with van der Waals surface area (Å²) in [5.41, 5.74) is 6.40. The van der Waals surface area contributed by atoms with Crippen molar-refractivity contribution in [2.45, 2.75) is 6.04 Å². The Morgan fingerprint density at radius 1 is 1.50 bits per heavy atom. The molecule has 7 nitrogen and oxygen atoms in total. The van der Waals surface area contributed by atoms with Gasteiger partial charge in [-0.15, -0.1) is 0 Å². The Hall–Kier alpha value is -2.54. The molecular formula is C13H15N3O4. The number of ether oxygens (including phenoxy) is 1. The number of fused-ring (bicyclic) bond motifs is 1. The van der Waals surface area contributed by atoms with E-state index < -0.39 is 17.9 Å². The Balaban J connectivity index is 2.17. The van der Waals surface area contributed by atoms with E-state index in [1.54, 1.807) is 25.3 Å². The topological polar surface area (TPSA) is 117 Å². The van der Waals surface area contributed by atoms with Gasteiger partial charge in [0, 0.05) is 17.4 Å². The molecule has 1 atom stereocenters. The third-order valence-corrected chi connectivity index (χ3v) is 2.89. The largest absolute Gasteiger partial charge is 0.496 e. The van der Waals surface area contributed by atoms with Crippen molar-refractivity contribution in [3.63, 3.8) is 0 Å². The van der Waals surface area contributed by atoms with Crippen LogP contribution in [0.15, 0.2) is 24.3 Å². The van der Waals surface area contributed by atoms with Crippen LogP contribution >= 0.6 is 0 Å². The molecular weight excluding hydrogens is 262 g/mol.